The fourth-order valence-corrected chi connectivity index (χ4v) is 5.75. The standard InChI is InChI=1S/C22H24N4O7S/c1-3-23(4-2)34(31,32)17-8-10-18-15(12-17)6-5-11-24(18)21(27)14-25-19-9-7-16(26(29)30)13-20(19)33-22(25)28/h7-10,12-13H,3-6,11,14H2,1-2H3. The first-order valence-electron chi connectivity index (χ1n) is 10.9. The summed E-state index contributed by atoms with van der Waals surface area (Å²) >= 11 is 0. The number of carbonyl (C=O) groups is 1. The SMILES string of the molecule is CCN(CC)S(=O)(=O)c1ccc2c(c1)CCCN2C(=O)Cn1c(=O)oc2cc([N+](=O)[O-])ccc21. The summed E-state index contributed by atoms with van der Waals surface area (Å²) in [6.07, 6.45) is 1.26. The van der Waals surface area contributed by atoms with Crippen molar-refractivity contribution in [2.24, 2.45) is 0 Å². The highest BCUT2D eigenvalue weighted by Gasteiger charge is 2.28. The van der Waals surface area contributed by atoms with E-state index in [9.17, 15) is 28.1 Å². The Morgan fingerprint density at radius 3 is 2.59 bits per heavy atom. The maximum atomic E-state index is 13.2. The third-order valence-electron chi connectivity index (χ3n) is 5.97. The number of nitro groups is 1. The molecule has 0 saturated carbocycles. The summed E-state index contributed by atoms with van der Waals surface area (Å²) in [7, 11) is -3.63. The van der Waals surface area contributed by atoms with Crippen LogP contribution in [0.15, 0.2) is 50.5 Å². The predicted molar refractivity (Wildman–Crippen MR) is 124 cm³/mol. The summed E-state index contributed by atoms with van der Waals surface area (Å²) in [4.78, 5) is 37.6. The molecule has 180 valence electrons. The Labute approximate surface area is 195 Å². The molecule has 0 unspecified atom stereocenters. The number of aromatic nitrogens is 1. The van der Waals surface area contributed by atoms with Crippen LogP contribution in [0.4, 0.5) is 11.4 Å². The quantitative estimate of drug-likeness (QED) is 0.368. The van der Waals surface area contributed by atoms with Gasteiger partial charge in [0.05, 0.1) is 21.4 Å². The highest BCUT2D eigenvalue weighted by Crippen LogP contribution is 2.31. The van der Waals surface area contributed by atoms with Crippen molar-refractivity contribution < 1.29 is 22.6 Å². The second-order valence-corrected chi connectivity index (χ2v) is 9.83. The zero-order valence-corrected chi connectivity index (χ0v) is 19.6. The zero-order chi connectivity index (χ0) is 24.6. The lowest BCUT2D eigenvalue weighted by Gasteiger charge is -2.30. The second kappa shape index (κ2) is 9.03. The molecular weight excluding hydrogens is 464 g/mol. The van der Waals surface area contributed by atoms with Crippen LogP contribution in [0.3, 0.4) is 0 Å². The molecule has 1 amide bonds. The van der Waals surface area contributed by atoms with Crippen molar-refractivity contribution in [1.82, 2.24) is 8.87 Å². The maximum Gasteiger partial charge on any atom is 0.420 e. The lowest BCUT2D eigenvalue weighted by molar-refractivity contribution is -0.384. The number of nitrogens with zero attached hydrogens (tertiary/aromatic N) is 4. The third kappa shape index (κ3) is 4.10. The molecule has 0 aliphatic carbocycles. The zero-order valence-electron chi connectivity index (χ0n) is 18.8. The number of hydrogen-bond acceptors (Lipinski definition) is 7. The Balaban J connectivity index is 1.64. The first-order valence-corrected chi connectivity index (χ1v) is 12.3. The van der Waals surface area contributed by atoms with Gasteiger partial charge in [-0.05, 0) is 42.7 Å². The molecule has 1 aliphatic heterocycles. The van der Waals surface area contributed by atoms with Crippen molar-refractivity contribution in [2.75, 3.05) is 24.5 Å². The monoisotopic (exact) mass is 488 g/mol. The molecule has 12 heteroatoms. The number of hydrogen-bond donors (Lipinski definition) is 0. The van der Waals surface area contributed by atoms with Gasteiger partial charge in [-0.1, -0.05) is 13.8 Å². The van der Waals surface area contributed by atoms with Crippen molar-refractivity contribution in [3.05, 3.63) is 62.6 Å². The number of nitro benzene ring substituents is 1. The van der Waals surface area contributed by atoms with Crippen molar-refractivity contribution in [3.8, 4) is 0 Å². The number of anilines is 1. The fraction of sp³-hybridized carbons (Fsp3) is 0.364. The average molecular weight is 489 g/mol. The molecule has 0 spiro atoms. The van der Waals surface area contributed by atoms with E-state index in [-0.39, 0.29) is 34.1 Å². The van der Waals surface area contributed by atoms with E-state index in [0.717, 1.165) is 16.2 Å². The Morgan fingerprint density at radius 2 is 1.91 bits per heavy atom. The minimum absolute atomic E-state index is 0.0253. The Bertz CT molecular complexity index is 1440. The number of carbonyl (C=O) groups excluding carboxylic acids is 1. The van der Waals surface area contributed by atoms with Gasteiger partial charge in [0.1, 0.15) is 6.54 Å². The van der Waals surface area contributed by atoms with Gasteiger partial charge in [0.2, 0.25) is 15.9 Å². The van der Waals surface area contributed by atoms with Gasteiger partial charge in [0.25, 0.3) is 5.69 Å². The molecule has 0 radical (unpaired) electrons. The van der Waals surface area contributed by atoms with Gasteiger partial charge in [-0.3, -0.25) is 19.5 Å². The second-order valence-electron chi connectivity index (χ2n) is 7.89. The van der Waals surface area contributed by atoms with Crippen LogP contribution in [-0.4, -0.2) is 47.8 Å². The molecule has 4 rings (SSSR count). The number of fused-ring (bicyclic) bond motifs is 2. The molecule has 34 heavy (non-hydrogen) atoms. The number of rotatable bonds is 7. The molecule has 11 nitrogen and oxygen atoms in total. The van der Waals surface area contributed by atoms with Gasteiger partial charge in [0, 0.05) is 31.4 Å². The van der Waals surface area contributed by atoms with Crippen LogP contribution in [0.2, 0.25) is 0 Å². The van der Waals surface area contributed by atoms with Gasteiger partial charge in [-0.15, -0.1) is 0 Å². The normalized spacial score (nSPS) is 13.9. The molecule has 0 atom stereocenters. The van der Waals surface area contributed by atoms with Gasteiger partial charge >= 0.3 is 5.76 Å². The highest BCUT2D eigenvalue weighted by molar-refractivity contribution is 7.89. The van der Waals surface area contributed by atoms with Crippen LogP contribution in [0.1, 0.15) is 25.8 Å². The van der Waals surface area contributed by atoms with Crippen molar-refractivity contribution in [2.45, 2.75) is 38.1 Å². The van der Waals surface area contributed by atoms with Crippen LogP contribution in [0.5, 0.6) is 0 Å². The van der Waals surface area contributed by atoms with E-state index in [1.54, 1.807) is 26.0 Å². The first kappa shape index (κ1) is 23.6. The molecule has 0 fully saturated rings. The summed E-state index contributed by atoms with van der Waals surface area (Å²) in [5.74, 6) is -1.16. The van der Waals surface area contributed by atoms with E-state index < -0.39 is 20.7 Å². The first-order chi connectivity index (χ1) is 16.2. The van der Waals surface area contributed by atoms with E-state index in [1.165, 1.54) is 27.4 Å². The van der Waals surface area contributed by atoms with Crippen molar-refractivity contribution >= 4 is 38.4 Å². The summed E-state index contributed by atoms with van der Waals surface area (Å²) in [5.41, 5.74) is 1.43. The smallest absolute Gasteiger partial charge is 0.407 e. The van der Waals surface area contributed by atoms with E-state index >= 15 is 0 Å². The lowest BCUT2D eigenvalue weighted by Crippen LogP contribution is -2.39. The van der Waals surface area contributed by atoms with Gasteiger partial charge in [-0.25, -0.2) is 13.2 Å². The number of sulfonamides is 1. The summed E-state index contributed by atoms with van der Waals surface area (Å²) in [6, 6.07) is 8.50. The summed E-state index contributed by atoms with van der Waals surface area (Å²) in [6.45, 7) is 4.37. The minimum Gasteiger partial charge on any atom is -0.407 e. The number of oxazole rings is 1. The Morgan fingerprint density at radius 1 is 1.18 bits per heavy atom. The Kier molecular flexibility index (Phi) is 6.28. The lowest BCUT2D eigenvalue weighted by atomic mass is 10.0. The molecule has 1 aromatic heterocycles. The largest absolute Gasteiger partial charge is 0.420 e. The van der Waals surface area contributed by atoms with Crippen molar-refractivity contribution in [1.29, 1.82) is 0 Å². The maximum absolute atomic E-state index is 13.2. The van der Waals surface area contributed by atoms with Crippen molar-refractivity contribution in [3.63, 3.8) is 0 Å². The topological polar surface area (TPSA) is 136 Å². The minimum atomic E-state index is -3.63. The van der Waals surface area contributed by atoms with Gasteiger partial charge < -0.3 is 9.32 Å². The van der Waals surface area contributed by atoms with Crippen LogP contribution < -0.4 is 10.7 Å². The van der Waals surface area contributed by atoms with E-state index in [0.29, 0.717) is 38.2 Å². The summed E-state index contributed by atoms with van der Waals surface area (Å²) in [5, 5.41) is 11.0. The van der Waals surface area contributed by atoms with Crippen LogP contribution in [-0.2, 0) is 27.8 Å². The van der Waals surface area contributed by atoms with E-state index in [1.807, 2.05) is 0 Å². The molecule has 1 aliphatic rings. The van der Waals surface area contributed by atoms with E-state index in [2.05, 4.69) is 0 Å². The third-order valence-corrected chi connectivity index (χ3v) is 8.02. The number of benzene rings is 2. The van der Waals surface area contributed by atoms with Gasteiger partial charge in [0.15, 0.2) is 5.58 Å². The van der Waals surface area contributed by atoms with E-state index in [4.69, 9.17) is 4.42 Å². The molecule has 2 heterocycles. The molecule has 0 saturated heterocycles. The molecule has 3 aromatic rings. The molecule has 2 aromatic carbocycles. The molecule has 0 bridgehead atoms. The predicted octanol–water partition coefficient (Wildman–Crippen LogP) is 2.51. The van der Waals surface area contributed by atoms with Gasteiger partial charge in [-0.2, -0.15) is 4.31 Å². The number of amides is 1. The Hall–Kier alpha value is -3.51. The molecular formula is C22H24N4O7S. The fourth-order valence-electron chi connectivity index (χ4n) is 4.24. The van der Waals surface area contributed by atoms with Crippen LogP contribution >= 0.6 is 0 Å². The average Bonchev–Trinajstić information content (AvgIpc) is 3.12. The van der Waals surface area contributed by atoms with Crippen LogP contribution in [0, 0.1) is 10.1 Å². The summed E-state index contributed by atoms with van der Waals surface area (Å²) < 4.78 is 33.4. The van der Waals surface area contributed by atoms with Crippen LogP contribution in [0.25, 0.3) is 11.1 Å². The molecule has 0 N–H and O–H groups in total. The number of non-ortho nitro benzene ring substituents is 1. The highest BCUT2D eigenvalue weighted by atomic mass is 32.2. The number of aryl methyl sites for hydroxylation is 1.